The normalized spacial score (nSPS) is 48.4. The Morgan fingerprint density at radius 3 is 2.50 bits per heavy atom. The van der Waals surface area contributed by atoms with E-state index in [0.29, 0.717) is 18.8 Å². The zero-order valence-corrected chi connectivity index (χ0v) is 23.8. The predicted molar refractivity (Wildman–Crippen MR) is 142 cm³/mol. The molecular weight excluding hydrogens is 520 g/mol. The van der Waals surface area contributed by atoms with Gasteiger partial charge in [-0.3, -0.25) is 9.59 Å². The van der Waals surface area contributed by atoms with Gasteiger partial charge in [0.1, 0.15) is 18.3 Å². The van der Waals surface area contributed by atoms with Crippen molar-refractivity contribution in [3.05, 3.63) is 12.2 Å². The summed E-state index contributed by atoms with van der Waals surface area (Å²) in [7, 11) is 0. The maximum Gasteiger partial charge on any atom is 0.306 e. The van der Waals surface area contributed by atoms with Crippen LogP contribution < -0.4 is 0 Å². The topological polar surface area (TPSA) is 163 Å². The third kappa shape index (κ3) is 4.82. The summed E-state index contributed by atoms with van der Waals surface area (Å²) in [6.07, 6.45) is -3.01. The van der Waals surface area contributed by atoms with Gasteiger partial charge in [-0.05, 0) is 79.6 Å². The van der Waals surface area contributed by atoms with Gasteiger partial charge in [-0.25, -0.2) is 0 Å². The summed E-state index contributed by atoms with van der Waals surface area (Å²) in [5, 5.41) is 52.8. The summed E-state index contributed by atoms with van der Waals surface area (Å²) in [4.78, 5) is 25.1. The Hall–Kier alpha value is -1.56. The van der Waals surface area contributed by atoms with Crippen LogP contribution >= 0.6 is 0 Å². The summed E-state index contributed by atoms with van der Waals surface area (Å²) >= 11 is 0. The third-order valence-electron chi connectivity index (χ3n) is 11.1. The summed E-state index contributed by atoms with van der Waals surface area (Å²) in [6, 6.07) is 0. The first kappa shape index (κ1) is 29.9. The Balaban J connectivity index is 1.42. The van der Waals surface area contributed by atoms with Crippen molar-refractivity contribution < 1.29 is 49.3 Å². The Kier molecular flexibility index (Phi) is 8.18. The van der Waals surface area contributed by atoms with Crippen LogP contribution in [0.5, 0.6) is 0 Å². The van der Waals surface area contributed by atoms with Crippen LogP contribution in [0.15, 0.2) is 12.2 Å². The number of hydrogen-bond acceptors (Lipinski definition) is 9. The maximum absolute atomic E-state index is 12.6. The fraction of sp³-hybridized carbons (Fsp3) is 0.867. The number of aliphatic carboxylic acids is 1. The smallest absolute Gasteiger partial charge is 0.306 e. The number of carboxylic acid groups (broad SMARTS) is 1. The molecule has 0 aromatic carbocycles. The minimum absolute atomic E-state index is 0.00548. The molecule has 5 N–H and O–H groups in total. The highest BCUT2D eigenvalue weighted by molar-refractivity contribution is 5.71. The molecule has 5 rings (SSSR count). The monoisotopic (exact) mass is 566 g/mol. The van der Waals surface area contributed by atoms with Crippen molar-refractivity contribution in [1.29, 1.82) is 0 Å². The van der Waals surface area contributed by atoms with Gasteiger partial charge >= 0.3 is 11.9 Å². The second-order valence-corrected chi connectivity index (χ2v) is 13.8. The third-order valence-corrected chi connectivity index (χ3v) is 11.1. The lowest BCUT2D eigenvalue weighted by atomic mass is 9.43. The SMILES string of the molecule is C=C1[C@@H]2CC[C@@H]3[C@@](CCC4[C@H](C(=O)O)C[C@@H](O[C@@H]5O[C@H](CO)[C@@H](O)[C@H](O)[C@H]5OC(=O)CC(C)C)C[C@]43C)(C2)[C@H]1O. The van der Waals surface area contributed by atoms with Gasteiger partial charge in [0.15, 0.2) is 12.4 Å². The number of carbonyl (C=O) groups excluding carboxylic acids is 1. The first-order valence-corrected chi connectivity index (χ1v) is 14.9. The average Bonchev–Trinajstić information content (AvgIpc) is 3.06. The van der Waals surface area contributed by atoms with Crippen LogP contribution in [0.3, 0.4) is 0 Å². The van der Waals surface area contributed by atoms with Crippen LogP contribution in [0.2, 0.25) is 0 Å². The Morgan fingerprint density at radius 2 is 1.85 bits per heavy atom. The van der Waals surface area contributed by atoms with E-state index in [1.54, 1.807) is 0 Å². The standard InChI is InChI=1S/C30H46O10/c1-14(2)9-22(32)40-25-24(34)23(33)20(13-31)39-28(25)38-17-10-18(27(36)37)19-7-8-30-11-16(15(3)26(30)35)5-6-21(30)29(19,4)12-17/h14,16-21,23-26,28,31,33-35H,3,5-13H2,1-2,4H3,(H,36,37)/t16-,17-,18-,19?,20-,21+,23-,24+,25-,26+,28-,29-,30-/m1/s1. The van der Waals surface area contributed by atoms with Crippen LogP contribution in [0, 0.1) is 40.4 Å². The second kappa shape index (κ2) is 10.9. The summed E-state index contributed by atoms with van der Waals surface area (Å²) in [5.41, 5.74) is 0.162. The number of rotatable bonds is 7. The lowest BCUT2D eigenvalue weighted by Gasteiger charge is -2.62. The van der Waals surface area contributed by atoms with Crippen LogP contribution in [0.1, 0.15) is 72.1 Å². The number of hydrogen-bond donors (Lipinski definition) is 5. The molecule has 4 saturated carbocycles. The lowest BCUT2D eigenvalue weighted by Crippen LogP contribution is -2.62. The van der Waals surface area contributed by atoms with Crippen molar-refractivity contribution in [3.8, 4) is 0 Å². The molecule has 1 saturated heterocycles. The summed E-state index contributed by atoms with van der Waals surface area (Å²) in [5.74, 6) is -1.81. The van der Waals surface area contributed by atoms with E-state index in [2.05, 4.69) is 13.5 Å². The van der Waals surface area contributed by atoms with Gasteiger partial charge < -0.3 is 39.7 Å². The Labute approximate surface area is 235 Å². The van der Waals surface area contributed by atoms with E-state index in [1.165, 1.54) is 0 Å². The number of carboxylic acids is 1. The molecule has 10 nitrogen and oxygen atoms in total. The molecule has 1 aliphatic heterocycles. The van der Waals surface area contributed by atoms with E-state index in [9.17, 15) is 35.1 Å². The number of esters is 1. The molecule has 0 radical (unpaired) electrons. The van der Waals surface area contributed by atoms with Crippen molar-refractivity contribution in [3.63, 3.8) is 0 Å². The maximum atomic E-state index is 12.6. The molecule has 1 unspecified atom stereocenters. The van der Waals surface area contributed by atoms with Crippen molar-refractivity contribution in [1.82, 2.24) is 0 Å². The second-order valence-electron chi connectivity index (χ2n) is 13.8. The first-order chi connectivity index (χ1) is 18.8. The van der Waals surface area contributed by atoms with Crippen molar-refractivity contribution in [2.24, 2.45) is 40.4 Å². The number of fused-ring (bicyclic) bond motifs is 3. The zero-order chi connectivity index (χ0) is 29.1. The Morgan fingerprint density at radius 1 is 1.12 bits per heavy atom. The van der Waals surface area contributed by atoms with E-state index in [0.717, 1.165) is 31.3 Å². The van der Waals surface area contributed by atoms with Crippen LogP contribution in [-0.4, -0.2) is 87.0 Å². The molecule has 1 heterocycles. The highest BCUT2D eigenvalue weighted by Crippen LogP contribution is 2.70. The number of aliphatic hydroxyl groups is 4. The van der Waals surface area contributed by atoms with E-state index in [4.69, 9.17) is 14.2 Å². The molecule has 0 aromatic heterocycles. The van der Waals surface area contributed by atoms with Crippen LogP contribution in [-0.2, 0) is 23.8 Å². The molecule has 4 aliphatic carbocycles. The molecule has 5 aliphatic rings. The van der Waals surface area contributed by atoms with E-state index in [1.807, 2.05) is 13.8 Å². The molecule has 1 spiro atoms. The van der Waals surface area contributed by atoms with Crippen LogP contribution in [0.25, 0.3) is 0 Å². The molecule has 226 valence electrons. The quantitative estimate of drug-likeness (QED) is 0.175. The van der Waals surface area contributed by atoms with Gasteiger partial charge in [0.2, 0.25) is 0 Å². The first-order valence-electron chi connectivity index (χ1n) is 14.9. The molecular formula is C30H46O10. The molecule has 13 atom stereocenters. The van der Waals surface area contributed by atoms with Gasteiger partial charge in [-0.1, -0.05) is 27.4 Å². The molecule has 5 fully saturated rings. The fourth-order valence-corrected chi connectivity index (χ4v) is 9.35. The van der Waals surface area contributed by atoms with Crippen molar-refractivity contribution in [2.45, 2.75) is 115 Å². The number of ether oxygens (including phenoxy) is 3. The average molecular weight is 567 g/mol. The molecule has 40 heavy (non-hydrogen) atoms. The largest absolute Gasteiger partial charge is 0.481 e. The molecule has 0 amide bonds. The van der Waals surface area contributed by atoms with Gasteiger partial charge in [0.05, 0.1) is 24.7 Å². The summed E-state index contributed by atoms with van der Waals surface area (Å²) in [6.45, 7) is 9.47. The summed E-state index contributed by atoms with van der Waals surface area (Å²) < 4.78 is 17.8. The Bertz CT molecular complexity index is 999. The number of carbonyl (C=O) groups is 2. The van der Waals surface area contributed by atoms with E-state index < -0.39 is 72.8 Å². The van der Waals surface area contributed by atoms with Gasteiger partial charge in [-0.2, -0.15) is 0 Å². The highest BCUT2D eigenvalue weighted by atomic mass is 16.7. The minimum Gasteiger partial charge on any atom is -0.481 e. The van der Waals surface area contributed by atoms with Gasteiger partial charge in [0.25, 0.3) is 0 Å². The fourth-order valence-electron chi connectivity index (χ4n) is 9.35. The molecule has 2 bridgehead atoms. The van der Waals surface area contributed by atoms with Crippen molar-refractivity contribution in [2.75, 3.05) is 6.61 Å². The van der Waals surface area contributed by atoms with Gasteiger partial charge in [0, 0.05) is 11.8 Å². The number of aliphatic hydroxyl groups excluding tert-OH is 4. The van der Waals surface area contributed by atoms with Crippen LogP contribution in [0.4, 0.5) is 0 Å². The molecule has 10 heteroatoms. The predicted octanol–water partition coefficient (Wildman–Crippen LogP) is 2.01. The minimum atomic E-state index is -1.55. The van der Waals surface area contributed by atoms with E-state index in [-0.39, 0.29) is 36.0 Å². The lowest BCUT2D eigenvalue weighted by molar-refractivity contribution is -0.322. The van der Waals surface area contributed by atoms with E-state index >= 15 is 0 Å². The molecule has 0 aromatic rings. The van der Waals surface area contributed by atoms with Crippen molar-refractivity contribution >= 4 is 11.9 Å². The zero-order valence-electron chi connectivity index (χ0n) is 23.8. The van der Waals surface area contributed by atoms with Gasteiger partial charge in [-0.15, -0.1) is 0 Å². The highest BCUT2D eigenvalue weighted by Gasteiger charge is 2.67.